The standard InChI is InChI=1S/C24H23N5O/c1-14-7-6-8-20(15(14)2)29-17(4)16(3)21-23(29)25-13-28-24(21)26-22(27-28)18-9-11-19(30-5)12-10-18/h6-13H,1-5H3. The van der Waals surface area contributed by atoms with Crippen LogP contribution in [-0.2, 0) is 0 Å². The van der Waals surface area contributed by atoms with Gasteiger partial charge in [0.1, 0.15) is 12.1 Å². The Morgan fingerprint density at radius 1 is 0.867 bits per heavy atom. The molecule has 2 aromatic carbocycles. The number of aryl methyl sites for hydroxylation is 2. The third-order valence-corrected chi connectivity index (χ3v) is 6.00. The summed E-state index contributed by atoms with van der Waals surface area (Å²) in [5.74, 6) is 1.48. The summed E-state index contributed by atoms with van der Waals surface area (Å²) in [4.78, 5) is 9.65. The van der Waals surface area contributed by atoms with Crippen molar-refractivity contribution in [1.29, 1.82) is 0 Å². The second kappa shape index (κ2) is 6.69. The van der Waals surface area contributed by atoms with Crippen molar-refractivity contribution in [1.82, 2.24) is 24.1 Å². The molecular weight excluding hydrogens is 374 g/mol. The number of benzene rings is 2. The first kappa shape index (κ1) is 18.4. The average Bonchev–Trinajstić information content (AvgIpc) is 3.30. The Morgan fingerprint density at radius 3 is 2.37 bits per heavy atom. The molecule has 150 valence electrons. The molecule has 0 unspecified atom stereocenters. The highest BCUT2D eigenvalue weighted by Crippen LogP contribution is 2.32. The van der Waals surface area contributed by atoms with E-state index in [4.69, 9.17) is 14.7 Å². The van der Waals surface area contributed by atoms with Crippen molar-refractivity contribution < 1.29 is 4.74 Å². The highest BCUT2D eigenvalue weighted by molar-refractivity contribution is 5.95. The van der Waals surface area contributed by atoms with Crippen molar-refractivity contribution in [2.75, 3.05) is 7.11 Å². The number of hydrogen-bond donors (Lipinski definition) is 0. The molecule has 0 saturated heterocycles. The van der Waals surface area contributed by atoms with Crippen molar-refractivity contribution >= 4 is 16.7 Å². The lowest BCUT2D eigenvalue weighted by molar-refractivity contribution is 0.415. The minimum Gasteiger partial charge on any atom is -0.497 e. The van der Waals surface area contributed by atoms with Crippen LogP contribution in [0.3, 0.4) is 0 Å². The molecule has 5 rings (SSSR count). The lowest BCUT2D eigenvalue weighted by Crippen LogP contribution is -2.02. The lowest BCUT2D eigenvalue weighted by Gasteiger charge is -2.13. The van der Waals surface area contributed by atoms with Crippen molar-refractivity contribution in [3.8, 4) is 22.8 Å². The Bertz CT molecular complexity index is 1410. The third kappa shape index (κ3) is 2.60. The highest BCUT2D eigenvalue weighted by Gasteiger charge is 2.20. The lowest BCUT2D eigenvalue weighted by atomic mass is 10.1. The predicted molar refractivity (Wildman–Crippen MR) is 119 cm³/mol. The van der Waals surface area contributed by atoms with E-state index in [0.29, 0.717) is 5.82 Å². The summed E-state index contributed by atoms with van der Waals surface area (Å²) in [7, 11) is 1.66. The molecule has 30 heavy (non-hydrogen) atoms. The second-order valence-corrected chi connectivity index (χ2v) is 7.64. The first-order valence-corrected chi connectivity index (χ1v) is 9.93. The van der Waals surface area contributed by atoms with Crippen LogP contribution < -0.4 is 4.74 Å². The number of methoxy groups -OCH3 is 1. The Labute approximate surface area is 174 Å². The molecule has 0 aliphatic heterocycles. The molecule has 0 aliphatic rings. The van der Waals surface area contributed by atoms with E-state index in [-0.39, 0.29) is 0 Å². The minimum absolute atomic E-state index is 0.670. The molecule has 0 N–H and O–H groups in total. The molecule has 0 bridgehead atoms. The SMILES string of the molecule is COc1ccc(-c2nc3c4c(C)c(C)n(-c5cccc(C)c5C)c4ncn3n2)cc1. The van der Waals surface area contributed by atoms with E-state index in [9.17, 15) is 0 Å². The monoisotopic (exact) mass is 397 g/mol. The number of nitrogens with zero attached hydrogens (tertiary/aromatic N) is 5. The van der Waals surface area contributed by atoms with Crippen LogP contribution in [0.15, 0.2) is 48.8 Å². The van der Waals surface area contributed by atoms with E-state index < -0.39 is 0 Å². The number of rotatable bonds is 3. The molecular formula is C24H23N5O. The Hall–Kier alpha value is -3.67. The maximum Gasteiger partial charge on any atom is 0.182 e. The van der Waals surface area contributed by atoms with Gasteiger partial charge < -0.3 is 4.74 Å². The summed E-state index contributed by atoms with van der Waals surface area (Å²) in [6, 6.07) is 14.2. The second-order valence-electron chi connectivity index (χ2n) is 7.64. The van der Waals surface area contributed by atoms with Gasteiger partial charge in [-0.15, -0.1) is 5.10 Å². The van der Waals surface area contributed by atoms with Crippen LogP contribution in [0.1, 0.15) is 22.4 Å². The van der Waals surface area contributed by atoms with Gasteiger partial charge in [-0.1, -0.05) is 12.1 Å². The fourth-order valence-electron chi connectivity index (χ4n) is 4.00. The molecule has 0 aliphatic carbocycles. The summed E-state index contributed by atoms with van der Waals surface area (Å²) >= 11 is 0. The summed E-state index contributed by atoms with van der Waals surface area (Å²) in [6.45, 7) is 8.55. The first-order chi connectivity index (χ1) is 14.5. The van der Waals surface area contributed by atoms with Gasteiger partial charge in [0.25, 0.3) is 0 Å². The topological polar surface area (TPSA) is 57.2 Å². The van der Waals surface area contributed by atoms with E-state index >= 15 is 0 Å². The van der Waals surface area contributed by atoms with Gasteiger partial charge in [0.05, 0.1) is 18.2 Å². The summed E-state index contributed by atoms with van der Waals surface area (Å²) in [5, 5.41) is 5.70. The molecule has 5 aromatic rings. The van der Waals surface area contributed by atoms with Gasteiger partial charge in [-0.05, 0) is 74.7 Å². The highest BCUT2D eigenvalue weighted by atomic mass is 16.5. The number of fused-ring (bicyclic) bond motifs is 3. The molecule has 3 heterocycles. The van der Waals surface area contributed by atoms with E-state index in [2.05, 4.69) is 55.6 Å². The fourth-order valence-corrected chi connectivity index (χ4v) is 4.00. The normalized spacial score (nSPS) is 11.5. The van der Waals surface area contributed by atoms with Crippen molar-refractivity contribution in [2.45, 2.75) is 27.7 Å². The number of aromatic nitrogens is 5. The van der Waals surface area contributed by atoms with Gasteiger partial charge in [0.15, 0.2) is 17.1 Å². The minimum atomic E-state index is 0.670. The van der Waals surface area contributed by atoms with E-state index in [1.165, 1.54) is 11.1 Å². The Balaban J connectivity index is 1.76. The maximum atomic E-state index is 5.25. The van der Waals surface area contributed by atoms with Crippen molar-refractivity contribution in [3.63, 3.8) is 0 Å². The van der Waals surface area contributed by atoms with Gasteiger partial charge in [-0.3, -0.25) is 4.57 Å². The van der Waals surface area contributed by atoms with Crippen LogP contribution in [0.25, 0.3) is 33.8 Å². The zero-order chi connectivity index (χ0) is 21.0. The molecule has 0 fully saturated rings. The van der Waals surface area contributed by atoms with Gasteiger partial charge >= 0.3 is 0 Å². The predicted octanol–water partition coefficient (Wildman–Crippen LogP) is 4.98. The maximum absolute atomic E-state index is 5.25. The van der Waals surface area contributed by atoms with E-state index in [1.54, 1.807) is 18.0 Å². The summed E-state index contributed by atoms with van der Waals surface area (Å²) < 4.78 is 9.25. The average molecular weight is 397 g/mol. The molecule has 6 nitrogen and oxygen atoms in total. The molecule has 0 saturated carbocycles. The summed E-state index contributed by atoms with van der Waals surface area (Å²) in [5.41, 5.74) is 8.64. The zero-order valence-electron chi connectivity index (χ0n) is 17.8. The van der Waals surface area contributed by atoms with Gasteiger partial charge in [-0.25, -0.2) is 14.5 Å². The molecule has 0 atom stereocenters. The number of ether oxygens (including phenoxy) is 1. The fraction of sp³-hybridized carbons (Fsp3) is 0.208. The molecule has 3 aromatic heterocycles. The largest absolute Gasteiger partial charge is 0.497 e. The van der Waals surface area contributed by atoms with Crippen molar-refractivity contribution in [2.24, 2.45) is 0 Å². The van der Waals surface area contributed by atoms with Crippen LogP contribution in [0, 0.1) is 27.7 Å². The smallest absolute Gasteiger partial charge is 0.182 e. The van der Waals surface area contributed by atoms with Gasteiger partial charge in [0.2, 0.25) is 0 Å². The molecule has 0 radical (unpaired) electrons. The number of hydrogen-bond acceptors (Lipinski definition) is 4. The van der Waals surface area contributed by atoms with Crippen LogP contribution in [0.4, 0.5) is 0 Å². The third-order valence-electron chi connectivity index (χ3n) is 6.00. The quantitative estimate of drug-likeness (QED) is 0.431. The first-order valence-electron chi connectivity index (χ1n) is 9.93. The van der Waals surface area contributed by atoms with Crippen LogP contribution in [0.5, 0.6) is 5.75 Å². The van der Waals surface area contributed by atoms with Crippen molar-refractivity contribution in [3.05, 3.63) is 71.2 Å². The zero-order valence-corrected chi connectivity index (χ0v) is 17.8. The van der Waals surface area contributed by atoms with Crippen LogP contribution in [0.2, 0.25) is 0 Å². The van der Waals surface area contributed by atoms with E-state index in [1.807, 2.05) is 24.3 Å². The molecule has 0 amide bonds. The molecule has 6 heteroatoms. The van der Waals surface area contributed by atoms with Crippen LogP contribution in [-0.4, -0.2) is 31.3 Å². The molecule has 0 spiro atoms. The van der Waals surface area contributed by atoms with Gasteiger partial charge in [0, 0.05) is 11.3 Å². The van der Waals surface area contributed by atoms with Gasteiger partial charge in [-0.2, -0.15) is 0 Å². The van der Waals surface area contributed by atoms with E-state index in [0.717, 1.165) is 44.9 Å². The van der Waals surface area contributed by atoms with Crippen LogP contribution >= 0.6 is 0 Å². The Kier molecular flexibility index (Phi) is 4.10. The Morgan fingerprint density at radius 2 is 1.63 bits per heavy atom. The summed E-state index contributed by atoms with van der Waals surface area (Å²) in [6.07, 6.45) is 1.75.